The quantitative estimate of drug-likeness (QED) is 0.691. The zero-order chi connectivity index (χ0) is 12.9. The molecular weight excluding hydrogens is 220 g/mol. The van der Waals surface area contributed by atoms with Gasteiger partial charge in [0.1, 0.15) is 6.10 Å². The topological polar surface area (TPSA) is 83.1 Å². The predicted octanol–water partition coefficient (Wildman–Crippen LogP) is 1.54. The van der Waals surface area contributed by atoms with E-state index in [1.165, 1.54) is 0 Å². The minimum absolute atomic E-state index is 0.0362. The summed E-state index contributed by atoms with van der Waals surface area (Å²) in [5, 5.41) is 18.3. The smallest absolute Gasteiger partial charge is 0.308 e. The second kappa shape index (κ2) is 5.65. The van der Waals surface area contributed by atoms with Gasteiger partial charge in [-0.15, -0.1) is 0 Å². The number of rotatable bonds is 4. The van der Waals surface area contributed by atoms with Crippen LogP contribution < -0.4 is 0 Å². The van der Waals surface area contributed by atoms with E-state index in [1.54, 1.807) is 6.92 Å². The van der Waals surface area contributed by atoms with Gasteiger partial charge in [0, 0.05) is 6.42 Å². The molecule has 0 radical (unpaired) electrons. The van der Waals surface area contributed by atoms with E-state index in [9.17, 15) is 4.79 Å². The molecular formula is C12H16N2O3. The third-order valence-corrected chi connectivity index (χ3v) is 2.97. The van der Waals surface area contributed by atoms with Crippen molar-refractivity contribution < 1.29 is 14.3 Å². The van der Waals surface area contributed by atoms with Crippen LogP contribution in [0.3, 0.4) is 0 Å². The Morgan fingerprint density at radius 2 is 2.12 bits per heavy atom. The zero-order valence-corrected chi connectivity index (χ0v) is 10.1. The third-order valence-electron chi connectivity index (χ3n) is 2.97. The molecule has 0 N–H and O–H groups in total. The molecule has 17 heavy (non-hydrogen) atoms. The Morgan fingerprint density at radius 3 is 2.59 bits per heavy atom. The SMILES string of the molecule is CCOC(=O)C[C@H]1O[C@@H](CC)CC1(C#N)C#N. The van der Waals surface area contributed by atoms with Gasteiger partial charge in [-0.2, -0.15) is 10.5 Å². The summed E-state index contributed by atoms with van der Waals surface area (Å²) in [6.45, 7) is 3.93. The summed E-state index contributed by atoms with van der Waals surface area (Å²) in [5.74, 6) is -0.427. The number of nitriles is 2. The van der Waals surface area contributed by atoms with Crippen molar-refractivity contribution in [2.24, 2.45) is 5.41 Å². The van der Waals surface area contributed by atoms with Crippen LogP contribution in [0.15, 0.2) is 0 Å². The van der Waals surface area contributed by atoms with Gasteiger partial charge >= 0.3 is 5.97 Å². The number of nitrogens with zero attached hydrogens (tertiary/aromatic N) is 2. The van der Waals surface area contributed by atoms with Crippen LogP contribution in [-0.4, -0.2) is 24.8 Å². The first-order chi connectivity index (χ1) is 8.11. The fourth-order valence-electron chi connectivity index (χ4n) is 1.98. The molecule has 1 rings (SSSR count). The number of carbonyl (C=O) groups is 1. The predicted molar refractivity (Wildman–Crippen MR) is 58.5 cm³/mol. The second-order valence-corrected chi connectivity index (χ2v) is 4.06. The lowest BCUT2D eigenvalue weighted by atomic mass is 9.81. The standard InChI is InChI=1S/C12H16N2O3/c1-3-9-6-12(7-13,8-14)10(17-9)5-11(15)16-4-2/h9-10H,3-6H2,1-2H3/t9-,10+/m0/s1. The van der Waals surface area contributed by atoms with E-state index in [4.69, 9.17) is 20.0 Å². The first-order valence-corrected chi connectivity index (χ1v) is 5.75. The highest BCUT2D eigenvalue weighted by Crippen LogP contribution is 2.40. The Balaban J connectivity index is 2.79. The maximum Gasteiger partial charge on any atom is 0.308 e. The van der Waals surface area contributed by atoms with Crippen molar-refractivity contribution >= 4 is 5.97 Å². The molecule has 5 heteroatoms. The van der Waals surface area contributed by atoms with Crippen LogP contribution in [0.1, 0.15) is 33.1 Å². The van der Waals surface area contributed by atoms with Crippen molar-refractivity contribution in [1.82, 2.24) is 0 Å². The highest BCUT2D eigenvalue weighted by atomic mass is 16.5. The van der Waals surface area contributed by atoms with Gasteiger partial charge in [0.15, 0.2) is 5.41 Å². The molecule has 0 aromatic rings. The summed E-state index contributed by atoms with van der Waals surface area (Å²) >= 11 is 0. The van der Waals surface area contributed by atoms with Gasteiger partial charge in [0.2, 0.25) is 0 Å². The summed E-state index contributed by atoms with van der Waals surface area (Å²) in [6, 6.07) is 3.99. The highest BCUT2D eigenvalue weighted by molar-refractivity contribution is 5.70. The molecule has 0 bridgehead atoms. The van der Waals surface area contributed by atoms with Gasteiger partial charge in [0.25, 0.3) is 0 Å². The molecule has 1 saturated heterocycles. The Labute approximate surface area is 101 Å². The third kappa shape index (κ3) is 2.75. The van der Waals surface area contributed by atoms with Gasteiger partial charge in [-0.1, -0.05) is 6.92 Å². The van der Waals surface area contributed by atoms with Crippen LogP contribution in [0.25, 0.3) is 0 Å². The maximum atomic E-state index is 11.4. The fraction of sp³-hybridized carbons (Fsp3) is 0.750. The average Bonchev–Trinajstić information content (AvgIpc) is 2.68. The molecule has 1 fully saturated rings. The van der Waals surface area contributed by atoms with Gasteiger partial charge in [-0.3, -0.25) is 4.79 Å². The summed E-state index contributed by atoms with van der Waals surface area (Å²) < 4.78 is 10.4. The molecule has 0 aliphatic carbocycles. The minimum Gasteiger partial charge on any atom is -0.466 e. The molecule has 5 nitrogen and oxygen atoms in total. The number of carbonyl (C=O) groups excluding carboxylic acids is 1. The zero-order valence-electron chi connectivity index (χ0n) is 10.1. The average molecular weight is 236 g/mol. The Hall–Kier alpha value is -1.59. The normalized spacial score (nSPS) is 25.9. The van der Waals surface area contributed by atoms with Crippen molar-refractivity contribution in [3.05, 3.63) is 0 Å². The van der Waals surface area contributed by atoms with Crippen LogP contribution in [0.4, 0.5) is 0 Å². The molecule has 2 atom stereocenters. The number of esters is 1. The van der Waals surface area contributed by atoms with E-state index < -0.39 is 17.5 Å². The molecule has 0 spiro atoms. The maximum absolute atomic E-state index is 11.4. The van der Waals surface area contributed by atoms with Crippen LogP contribution in [0.2, 0.25) is 0 Å². The van der Waals surface area contributed by atoms with Crippen LogP contribution >= 0.6 is 0 Å². The van der Waals surface area contributed by atoms with Crippen molar-refractivity contribution in [1.29, 1.82) is 10.5 Å². The minimum atomic E-state index is -1.21. The Bertz CT molecular complexity index is 353. The fourth-order valence-corrected chi connectivity index (χ4v) is 1.98. The highest BCUT2D eigenvalue weighted by Gasteiger charge is 2.50. The van der Waals surface area contributed by atoms with Gasteiger partial charge in [-0.25, -0.2) is 0 Å². The molecule has 0 saturated carbocycles. The molecule has 92 valence electrons. The van der Waals surface area contributed by atoms with Crippen molar-refractivity contribution in [3.8, 4) is 12.1 Å². The lowest BCUT2D eigenvalue weighted by Crippen LogP contribution is -2.30. The van der Waals surface area contributed by atoms with Crippen molar-refractivity contribution in [2.45, 2.75) is 45.3 Å². The number of ether oxygens (including phenoxy) is 2. The van der Waals surface area contributed by atoms with E-state index in [0.29, 0.717) is 6.42 Å². The summed E-state index contributed by atoms with van der Waals surface area (Å²) in [5.41, 5.74) is -1.21. The van der Waals surface area contributed by atoms with Crippen molar-refractivity contribution in [2.75, 3.05) is 6.61 Å². The molecule has 1 aliphatic rings. The lowest BCUT2D eigenvalue weighted by Gasteiger charge is -2.18. The number of hydrogen-bond acceptors (Lipinski definition) is 5. The summed E-state index contributed by atoms with van der Waals surface area (Å²) in [6.07, 6.45) is 0.242. The Kier molecular flexibility index (Phi) is 4.48. The van der Waals surface area contributed by atoms with Crippen LogP contribution in [0.5, 0.6) is 0 Å². The molecule has 0 aromatic carbocycles. The van der Waals surface area contributed by atoms with E-state index >= 15 is 0 Å². The summed E-state index contributed by atoms with van der Waals surface area (Å²) in [4.78, 5) is 11.4. The Morgan fingerprint density at radius 1 is 1.47 bits per heavy atom. The summed E-state index contributed by atoms with van der Waals surface area (Å²) in [7, 11) is 0. The van der Waals surface area contributed by atoms with Crippen LogP contribution in [-0.2, 0) is 14.3 Å². The van der Waals surface area contributed by atoms with E-state index in [-0.39, 0.29) is 19.1 Å². The molecule has 1 heterocycles. The van der Waals surface area contributed by atoms with E-state index in [0.717, 1.165) is 6.42 Å². The second-order valence-electron chi connectivity index (χ2n) is 4.06. The molecule has 0 amide bonds. The first kappa shape index (κ1) is 13.5. The van der Waals surface area contributed by atoms with Gasteiger partial charge in [0.05, 0.1) is 31.3 Å². The molecule has 0 unspecified atom stereocenters. The van der Waals surface area contributed by atoms with E-state index in [1.807, 2.05) is 19.1 Å². The largest absolute Gasteiger partial charge is 0.466 e. The number of hydrogen-bond donors (Lipinski definition) is 0. The van der Waals surface area contributed by atoms with Crippen molar-refractivity contribution in [3.63, 3.8) is 0 Å². The first-order valence-electron chi connectivity index (χ1n) is 5.75. The van der Waals surface area contributed by atoms with Crippen LogP contribution in [0, 0.1) is 28.1 Å². The monoisotopic (exact) mass is 236 g/mol. The lowest BCUT2D eigenvalue weighted by molar-refractivity contribution is -0.146. The van der Waals surface area contributed by atoms with Gasteiger partial charge < -0.3 is 9.47 Å². The van der Waals surface area contributed by atoms with E-state index in [2.05, 4.69) is 0 Å². The van der Waals surface area contributed by atoms with Gasteiger partial charge in [-0.05, 0) is 13.3 Å². The molecule has 0 aromatic heterocycles. The molecule has 1 aliphatic heterocycles.